The Morgan fingerprint density at radius 3 is 2.46 bits per heavy atom. The first-order valence-corrected chi connectivity index (χ1v) is 14.4. The smallest absolute Gasteiger partial charge is 0.227 e. The summed E-state index contributed by atoms with van der Waals surface area (Å²) in [5.74, 6) is 2.11. The van der Waals surface area contributed by atoms with E-state index in [0.29, 0.717) is 11.2 Å². The fourth-order valence-electron chi connectivity index (χ4n) is 5.40. The van der Waals surface area contributed by atoms with Gasteiger partial charge in [-0.05, 0) is 94.6 Å². The van der Waals surface area contributed by atoms with Crippen molar-refractivity contribution in [2.45, 2.75) is 74.1 Å². The molecule has 4 heterocycles. The van der Waals surface area contributed by atoms with Gasteiger partial charge in [0, 0.05) is 53.8 Å². The minimum absolute atomic E-state index is 0.0378. The van der Waals surface area contributed by atoms with Gasteiger partial charge in [0.05, 0.1) is 0 Å². The van der Waals surface area contributed by atoms with Crippen molar-refractivity contribution in [2.75, 3.05) is 41.7 Å². The number of nitrogens with one attached hydrogen (secondary N) is 3. The predicted octanol–water partition coefficient (Wildman–Crippen LogP) is 4.15. The van der Waals surface area contributed by atoms with Crippen molar-refractivity contribution in [3.8, 4) is 0 Å². The summed E-state index contributed by atoms with van der Waals surface area (Å²) in [6.45, 7) is 6.57. The van der Waals surface area contributed by atoms with Crippen LogP contribution in [0.3, 0.4) is 0 Å². The molecule has 0 bridgehead atoms. The standard InChI is InChI=1S/C27H36N8OS/c1-18-16-24(33-32-18)29-23-17-25(35-14-10-21(11-15-35)34-12-2-3-13-34)31-27(30-23)37-22-8-6-20(7-9-22)28-26(36)19-4-5-19/h6-9,17,19,21,24,33H,2-5,10-16H2,1H3,(H,28,36)(H,29,30,31). The maximum absolute atomic E-state index is 12.1. The molecule has 37 heavy (non-hydrogen) atoms. The zero-order valence-electron chi connectivity index (χ0n) is 21.4. The summed E-state index contributed by atoms with van der Waals surface area (Å²) >= 11 is 1.55. The van der Waals surface area contributed by atoms with Gasteiger partial charge < -0.3 is 20.4 Å². The van der Waals surface area contributed by atoms with Crippen LogP contribution in [0.25, 0.3) is 0 Å². The number of piperidine rings is 1. The fraction of sp³-hybridized carbons (Fsp3) is 0.556. The summed E-state index contributed by atoms with van der Waals surface area (Å²) in [7, 11) is 0. The largest absolute Gasteiger partial charge is 0.356 e. The highest BCUT2D eigenvalue weighted by molar-refractivity contribution is 7.99. The Hall–Kier alpha value is -2.85. The number of hydrazone groups is 1. The molecular weight excluding hydrogens is 484 g/mol. The molecule has 1 amide bonds. The fourth-order valence-corrected chi connectivity index (χ4v) is 6.17. The zero-order chi connectivity index (χ0) is 25.2. The van der Waals surface area contributed by atoms with E-state index < -0.39 is 0 Å². The number of hydrogen-bond acceptors (Lipinski definition) is 9. The molecule has 1 aromatic carbocycles. The van der Waals surface area contributed by atoms with Gasteiger partial charge in [-0.25, -0.2) is 9.97 Å². The van der Waals surface area contributed by atoms with Crippen molar-refractivity contribution >= 4 is 40.7 Å². The summed E-state index contributed by atoms with van der Waals surface area (Å²) in [5, 5.41) is 11.5. The second-order valence-electron chi connectivity index (χ2n) is 10.6. The Balaban J connectivity index is 1.16. The number of carbonyl (C=O) groups is 1. The highest BCUT2D eigenvalue weighted by atomic mass is 32.2. The van der Waals surface area contributed by atoms with E-state index in [-0.39, 0.29) is 18.0 Å². The molecule has 1 saturated carbocycles. The predicted molar refractivity (Wildman–Crippen MR) is 148 cm³/mol. The maximum Gasteiger partial charge on any atom is 0.227 e. The van der Waals surface area contributed by atoms with Crippen LogP contribution in [0, 0.1) is 5.92 Å². The van der Waals surface area contributed by atoms with Gasteiger partial charge in [-0.1, -0.05) is 0 Å². The van der Waals surface area contributed by atoms with Crippen LogP contribution in [0.4, 0.5) is 17.3 Å². The van der Waals surface area contributed by atoms with Crippen LogP contribution >= 0.6 is 11.8 Å². The molecule has 3 N–H and O–H groups in total. The van der Waals surface area contributed by atoms with Gasteiger partial charge in [0.25, 0.3) is 0 Å². The second-order valence-corrected chi connectivity index (χ2v) is 11.7. The number of aromatic nitrogens is 2. The summed E-state index contributed by atoms with van der Waals surface area (Å²) in [6.07, 6.45) is 7.93. The van der Waals surface area contributed by atoms with Gasteiger partial charge >= 0.3 is 0 Å². The molecular formula is C27H36N8OS. The Bertz CT molecular complexity index is 1140. The number of nitrogens with zero attached hydrogens (tertiary/aromatic N) is 5. The summed E-state index contributed by atoms with van der Waals surface area (Å²) in [4.78, 5) is 28.0. The summed E-state index contributed by atoms with van der Waals surface area (Å²) < 4.78 is 0. The van der Waals surface area contributed by atoms with E-state index in [9.17, 15) is 4.79 Å². The lowest BCUT2D eigenvalue weighted by molar-refractivity contribution is -0.117. The minimum atomic E-state index is 0.0378. The van der Waals surface area contributed by atoms with Crippen molar-refractivity contribution in [1.82, 2.24) is 20.3 Å². The van der Waals surface area contributed by atoms with Gasteiger partial charge in [-0.15, -0.1) is 0 Å². The molecule has 10 heteroatoms. The molecule has 0 spiro atoms. The van der Waals surface area contributed by atoms with Gasteiger partial charge in [0.15, 0.2) is 5.16 Å². The highest BCUT2D eigenvalue weighted by Gasteiger charge is 2.30. The molecule has 0 radical (unpaired) electrons. The number of hydrogen-bond donors (Lipinski definition) is 3. The minimum Gasteiger partial charge on any atom is -0.356 e. The first-order chi connectivity index (χ1) is 18.1. The van der Waals surface area contributed by atoms with Gasteiger partial charge in [-0.3, -0.25) is 10.2 Å². The van der Waals surface area contributed by atoms with Crippen LogP contribution in [0.5, 0.6) is 0 Å². The van der Waals surface area contributed by atoms with Crippen molar-refractivity contribution in [2.24, 2.45) is 11.0 Å². The van der Waals surface area contributed by atoms with Crippen molar-refractivity contribution in [1.29, 1.82) is 0 Å². The van der Waals surface area contributed by atoms with Gasteiger partial charge in [-0.2, -0.15) is 5.10 Å². The van der Waals surface area contributed by atoms with Crippen LogP contribution in [0.15, 0.2) is 45.5 Å². The third kappa shape index (κ3) is 6.18. The van der Waals surface area contributed by atoms with E-state index in [1.165, 1.54) is 38.8 Å². The lowest BCUT2D eigenvalue weighted by Crippen LogP contribution is -2.44. The molecule has 1 unspecified atom stereocenters. The van der Waals surface area contributed by atoms with Crippen molar-refractivity contribution < 1.29 is 4.79 Å². The van der Waals surface area contributed by atoms with Gasteiger partial charge in [0.2, 0.25) is 5.91 Å². The average Bonchev–Trinajstić information content (AvgIpc) is 3.47. The number of likely N-dealkylation sites (tertiary alicyclic amines) is 1. The third-order valence-electron chi connectivity index (χ3n) is 7.65. The Labute approximate surface area is 222 Å². The van der Waals surface area contributed by atoms with Crippen LogP contribution in [0.1, 0.15) is 51.9 Å². The number of anilines is 3. The number of rotatable bonds is 8. The SMILES string of the molecule is CC1=NNC(Nc2cc(N3CCC(N4CCCC4)CC3)nc(Sc3ccc(NC(=O)C4CC4)cc3)n2)C1. The lowest BCUT2D eigenvalue weighted by atomic mass is 10.0. The number of benzene rings is 1. The molecule has 4 aliphatic rings. The molecule has 1 aromatic heterocycles. The van der Waals surface area contributed by atoms with E-state index in [2.05, 4.69) is 37.0 Å². The molecule has 1 aliphatic carbocycles. The average molecular weight is 521 g/mol. The third-order valence-corrected chi connectivity index (χ3v) is 8.52. The van der Waals surface area contributed by atoms with Gasteiger partial charge in [0.1, 0.15) is 17.8 Å². The van der Waals surface area contributed by atoms with Crippen molar-refractivity contribution in [3.63, 3.8) is 0 Å². The molecule has 3 fully saturated rings. The molecule has 196 valence electrons. The first kappa shape index (κ1) is 24.5. The van der Waals surface area contributed by atoms with Crippen LogP contribution < -0.4 is 21.0 Å². The highest BCUT2D eigenvalue weighted by Crippen LogP contribution is 2.33. The zero-order valence-corrected chi connectivity index (χ0v) is 22.3. The Morgan fingerprint density at radius 1 is 1.03 bits per heavy atom. The second kappa shape index (κ2) is 10.9. The van der Waals surface area contributed by atoms with Crippen LogP contribution in [-0.4, -0.2) is 64.9 Å². The number of amides is 1. The molecule has 2 saturated heterocycles. The molecule has 1 atom stereocenters. The van der Waals surface area contributed by atoms with Crippen LogP contribution in [0.2, 0.25) is 0 Å². The first-order valence-electron chi connectivity index (χ1n) is 13.6. The van der Waals surface area contributed by atoms with E-state index in [1.807, 2.05) is 31.2 Å². The molecule has 9 nitrogen and oxygen atoms in total. The van der Waals surface area contributed by atoms with E-state index in [0.717, 1.165) is 60.3 Å². The molecule has 6 rings (SSSR count). The summed E-state index contributed by atoms with van der Waals surface area (Å²) in [6, 6.07) is 10.7. The number of carbonyl (C=O) groups excluding carboxylic acids is 1. The van der Waals surface area contributed by atoms with E-state index in [1.54, 1.807) is 11.8 Å². The van der Waals surface area contributed by atoms with Crippen molar-refractivity contribution in [3.05, 3.63) is 30.3 Å². The van der Waals surface area contributed by atoms with Crippen LogP contribution in [-0.2, 0) is 4.79 Å². The normalized spacial score (nSPS) is 22.6. The topological polar surface area (TPSA) is 97.8 Å². The maximum atomic E-state index is 12.1. The monoisotopic (exact) mass is 520 g/mol. The quantitative estimate of drug-likeness (QED) is 0.447. The molecule has 3 aliphatic heterocycles. The van der Waals surface area contributed by atoms with E-state index in [4.69, 9.17) is 9.97 Å². The summed E-state index contributed by atoms with van der Waals surface area (Å²) in [5.41, 5.74) is 5.07. The molecule has 2 aromatic rings. The lowest BCUT2D eigenvalue weighted by Gasteiger charge is -2.37. The Kier molecular flexibility index (Phi) is 7.19. The van der Waals surface area contributed by atoms with E-state index >= 15 is 0 Å². The Morgan fingerprint density at radius 2 is 1.78 bits per heavy atom.